The molecule has 11 heteroatoms. The first-order valence-electron chi connectivity index (χ1n) is 18.3. The van der Waals surface area contributed by atoms with Crippen LogP contribution in [0.4, 0.5) is 0 Å². The van der Waals surface area contributed by atoms with Gasteiger partial charge in [-0.3, -0.25) is 14.6 Å². The van der Waals surface area contributed by atoms with Crippen LogP contribution in [0.15, 0.2) is 102 Å². The smallest absolute Gasteiger partial charge is 0.258 e. The number of fused-ring (bicyclic) bond motifs is 1. The second kappa shape index (κ2) is 16.6. The number of carbonyl (C=O) groups is 2. The molecule has 2 saturated carbocycles. The minimum atomic E-state index is -1.37. The maximum Gasteiger partial charge on any atom is 0.258 e. The fourth-order valence-electron chi connectivity index (χ4n) is 7.76. The summed E-state index contributed by atoms with van der Waals surface area (Å²) < 4.78 is 0.651. The highest BCUT2D eigenvalue weighted by atomic mass is 79.9. The number of nitrogens with one attached hydrogen (secondary N) is 2. The lowest BCUT2D eigenvalue weighted by Gasteiger charge is -2.47. The Hall–Kier alpha value is -4.61. The van der Waals surface area contributed by atoms with Crippen LogP contribution in [0, 0.1) is 23.7 Å². The summed E-state index contributed by atoms with van der Waals surface area (Å²) in [4.78, 5) is 34.7. The number of nitrogens with zero attached hydrogens (tertiary/aromatic N) is 2. The van der Waals surface area contributed by atoms with E-state index in [0.717, 1.165) is 11.1 Å². The molecular formula is C44H39BrCl2N4O4. The van der Waals surface area contributed by atoms with Crippen LogP contribution in [0.25, 0.3) is 6.08 Å². The van der Waals surface area contributed by atoms with E-state index in [9.17, 15) is 19.8 Å². The molecule has 8 nitrogen and oxygen atoms in total. The average molecular weight is 839 g/mol. The molecule has 55 heavy (non-hydrogen) atoms. The van der Waals surface area contributed by atoms with Crippen molar-refractivity contribution in [1.82, 2.24) is 20.5 Å². The second-order valence-electron chi connectivity index (χ2n) is 14.5. The Morgan fingerprint density at radius 1 is 0.836 bits per heavy atom. The predicted octanol–water partition coefficient (Wildman–Crippen LogP) is 7.80. The lowest BCUT2D eigenvalue weighted by molar-refractivity contribution is -0.129. The van der Waals surface area contributed by atoms with Gasteiger partial charge in [-0.2, -0.15) is 0 Å². The third-order valence-electron chi connectivity index (χ3n) is 10.3. The Kier molecular flexibility index (Phi) is 11.7. The van der Waals surface area contributed by atoms with Gasteiger partial charge in [0.1, 0.15) is 23.1 Å². The number of rotatable bonds is 5. The zero-order valence-corrected chi connectivity index (χ0v) is 33.0. The van der Waals surface area contributed by atoms with E-state index in [2.05, 4.69) is 55.2 Å². The Morgan fingerprint density at radius 3 is 2.16 bits per heavy atom. The molecule has 5 atom stereocenters. The number of hydrogen-bond donors (Lipinski definition) is 4. The summed E-state index contributed by atoms with van der Waals surface area (Å²) in [5, 5.41) is 31.0. The number of aromatic nitrogens is 1. The lowest BCUT2D eigenvalue weighted by Crippen LogP contribution is -2.55. The number of carbonyl (C=O) groups excluding carboxylic acids is 2. The summed E-state index contributed by atoms with van der Waals surface area (Å²) in [6.07, 6.45) is 8.96. The van der Waals surface area contributed by atoms with Crippen molar-refractivity contribution in [2.45, 2.75) is 80.7 Å². The van der Waals surface area contributed by atoms with Gasteiger partial charge >= 0.3 is 0 Å². The summed E-state index contributed by atoms with van der Waals surface area (Å²) in [6.45, 7) is 0. The van der Waals surface area contributed by atoms with Gasteiger partial charge in [0.2, 0.25) is 5.91 Å². The van der Waals surface area contributed by atoms with E-state index in [4.69, 9.17) is 23.2 Å². The van der Waals surface area contributed by atoms with Crippen molar-refractivity contribution in [2.75, 3.05) is 0 Å². The second-order valence-corrected chi connectivity index (χ2v) is 16.2. The van der Waals surface area contributed by atoms with Gasteiger partial charge in [-0.1, -0.05) is 83.3 Å². The fraction of sp³-hybridized carbons (Fsp3) is 0.295. The molecule has 3 aliphatic rings. The molecule has 280 valence electrons. The number of pyridine rings is 1. The van der Waals surface area contributed by atoms with E-state index in [1.54, 1.807) is 36.5 Å². The monoisotopic (exact) mass is 836 g/mol. The van der Waals surface area contributed by atoms with Crippen LogP contribution in [0.5, 0.6) is 0 Å². The van der Waals surface area contributed by atoms with Crippen molar-refractivity contribution in [3.8, 4) is 23.7 Å². The molecule has 0 radical (unpaired) electrons. The van der Waals surface area contributed by atoms with Crippen LogP contribution in [0.2, 0.25) is 10.0 Å². The number of aliphatic hydroxyl groups is 2. The van der Waals surface area contributed by atoms with E-state index in [1.165, 1.54) is 6.20 Å². The minimum Gasteiger partial charge on any atom is -0.378 e. The van der Waals surface area contributed by atoms with E-state index < -0.39 is 29.2 Å². The molecule has 1 unspecified atom stereocenters. The zero-order chi connectivity index (χ0) is 38.6. The van der Waals surface area contributed by atoms with Gasteiger partial charge in [0.25, 0.3) is 5.91 Å². The maximum absolute atomic E-state index is 14.8. The number of hydrogen-bond acceptors (Lipinski definition) is 6. The summed E-state index contributed by atoms with van der Waals surface area (Å²) >= 11 is 15.8. The highest BCUT2D eigenvalue weighted by Gasteiger charge is 2.44. The first kappa shape index (κ1) is 38.7. The van der Waals surface area contributed by atoms with Crippen molar-refractivity contribution in [2.24, 2.45) is 0 Å². The maximum atomic E-state index is 14.8. The minimum absolute atomic E-state index is 0.223. The molecule has 0 bridgehead atoms. The Balaban J connectivity index is 1.21. The van der Waals surface area contributed by atoms with Crippen LogP contribution >= 0.6 is 39.1 Å². The molecular weight excluding hydrogens is 799 g/mol. The molecule has 2 aliphatic carbocycles. The van der Waals surface area contributed by atoms with E-state index >= 15 is 0 Å². The van der Waals surface area contributed by atoms with Gasteiger partial charge in [-0.05, 0) is 114 Å². The van der Waals surface area contributed by atoms with E-state index in [0.29, 0.717) is 75.6 Å². The summed E-state index contributed by atoms with van der Waals surface area (Å²) in [5.74, 6) is 12.1. The summed E-state index contributed by atoms with van der Waals surface area (Å²) in [6, 6.07) is 22.0. The Labute approximate surface area is 339 Å². The largest absolute Gasteiger partial charge is 0.378 e. The van der Waals surface area contributed by atoms with Crippen molar-refractivity contribution in [1.29, 1.82) is 0 Å². The SMILES string of the molecule is O=C(NC1=Cc2ccccc2C(C(=O)N[C@H]2CCC[C@@](O)(C#Cc3cccc(Cl)c3)C2)N1[C@H]1CCC[C@@](O)(C#Cc2cccc(Cl)c2)C1)c1cncc(Br)c1. The number of amides is 2. The van der Waals surface area contributed by atoms with Gasteiger partial charge in [0.15, 0.2) is 0 Å². The topological polar surface area (TPSA) is 115 Å². The highest BCUT2D eigenvalue weighted by molar-refractivity contribution is 9.10. The Morgan fingerprint density at radius 2 is 1.49 bits per heavy atom. The first-order chi connectivity index (χ1) is 26.5. The molecule has 0 saturated heterocycles. The molecule has 4 N–H and O–H groups in total. The normalized spacial score (nSPS) is 24.5. The molecule has 4 aromatic rings. The van der Waals surface area contributed by atoms with Gasteiger partial charge < -0.3 is 25.7 Å². The quantitative estimate of drug-likeness (QED) is 0.153. The summed E-state index contributed by atoms with van der Waals surface area (Å²) in [5.41, 5.74) is 0.588. The molecule has 1 aliphatic heterocycles. The molecule has 2 fully saturated rings. The van der Waals surface area contributed by atoms with Crippen LogP contribution in [-0.2, 0) is 4.79 Å². The van der Waals surface area contributed by atoms with E-state index in [1.807, 2.05) is 59.5 Å². The third-order valence-corrected chi connectivity index (χ3v) is 11.2. The molecule has 1 aromatic heterocycles. The van der Waals surface area contributed by atoms with E-state index in [-0.39, 0.29) is 24.8 Å². The molecule has 0 spiro atoms. The number of halogens is 3. The highest BCUT2D eigenvalue weighted by Crippen LogP contribution is 2.42. The van der Waals surface area contributed by atoms with Crippen molar-refractivity contribution < 1.29 is 19.8 Å². The average Bonchev–Trinajstić information content (AvgIpc) is 3.16. The zero-order valence-electron chi connectivity index (χ0n) is 29.9. The van der Waals surface area contributed by atoms with Gasteiger partial charge in [-0.15, -0.1) is 0 Å². The number of benzene rings is 3. The van der Waals surface area contributed by atoms with Gasteiger partial charge in [-0.25, -0.2) is 0 Å². The van der Waals surface area contributed by atoms with Gasteiger partial charge in [0.05, 0.1) is 5.56 Å². The predicted molar refractivity (Wildman–Crippen MR) is 218 cm³/mol. The first-order valence-corrected chi connectivity index (χ1v) is 19.8. The third kappa shape index (κ3) is 9.44. The molecule has 7 rings (SSSR count). The fourth-order valence-corrected chi connectivity index (χ4v) is 8.50. The van der Waals surface area contributed by atoms with Gasteiger partial charge in [0, 0.05) is 63.0 Å². The molecule has 3 aromatic carbocycles. The van der Waals surface area contributed by atoms with Crippen LogP contribution in [-0.4, -0.2) is 55.2 Å². The van der Waals surface area contributed by atoms with Crippen molar-refractivity contribution in [3.63, 3.8) is 0 Å². The molecule has 2 amide bonds. The van der Waals surface area contributed by atoms with Crippen LogP contribution in [0.1, 0.15) is 90.0 Å². The lowest BCUT2D eigenvalue weighted by atomic mass is 9.79. The Bertz CT molecular complexity index is 2280. The standard InChI is InChI=1S/C44H39BrCl2N4O4/c45-33-23-32(27-48-28-33)41(52)50-39-24-31-9-1-2-14-38(31)40(51(39)37-13-6-18-44(55,26-37)20-16-30-8-4-11-35(47)22-30)42(53)49-36-12-5-17-43(54,25-36)19-15-29-7-3-10-34(46)21-29/h1-4,7-11,14,21-24,27-28,36-37,40,54-55H,5-6,12-13,17-18,25-26H2,(H,49,53)(H,50,52)/t36-,37-,40?,43+,44+/m0/s1. The summed E-state index contributed by atoms with van der Waals surface area (Å²) in [7, 11) is 0. The molecule has 2 heterocycles. The van der Waals surface area contributed by atoms with Crippen LogP contribution in [0.3, 0.4) is 0 Å². The van der Waals surface area contributed by atoms with Crippen LogP contribution < -0.4 is 10.6 Å². The van der Waals surface area contributed by atoms with Crippen molar-refractivity contribution in [3.05, 3.63) is 139 Å². The van der Waals surface area contributed by atoms with Crippen molar-refractivity contribution >= 4 is 57.0 Å².